The van der Waals surface area contributed by atoms with Gasteiger partial charge in [0.05, 0.1) is 12.4 Å². The lowest BCUT2D eigenvalue weighted by Gasteiger charge is -2.17. The summed E-state index contributed by atoms with van der Waals surface area (Å²) in [5, 5.41) is 0.247. The van der Waals surface area contributed by atoms with Crippen molar-refractivity contribution in [2.75, 3.05) is 0 Å². The smallest absolute Gasteiger partial charge is 0.359 e. The zero-order chi connectivity index (χ0) is 15.1. The van der Waals surface area contributed by atoms with Gasteiger partial charge in [0, 0.05) is 0 Å². The lowest BCUT2D eigenvalue weighted by atomic mass is 10.0. The first-order valence-electron chi connectivity index (χ1n) is 6.94. The Labute approximate surface area is 129 Å². The van der Waals surface area contributed by atoms with E-state index in [9.17, 15) is 4.79 Å². The second-order valence-corrected chi connectivity index (χ2v) is 5.06. The van der Waals surface area contributed by atoms with Gasteiger partial charge in [-0.05, 0) is 18.4 Å². The Kier molecular flexibility index (Phi) is 5.69. The highest BCUT2D eigenvalue weighted by atomic mass is 35.5. The number of esters is 1. The fourth-order valence-corrected chi connectivity index (χ4v) is 2.06. The molecule has 21 heavy (non-hydrogen) atoms. The summed E-state index contributed by atoms with van der Waals surface area (Å²) in [7, 11) is 0. The van der Waals surface area contributed by atoms with Crippen molar-refractivity contribution in [3.8, 4) is 0 Å². The van der Waals surface area contributed by atoms with Crippen molar-refractivity contribution < 1.29 is 9.53 Å². The minimum atomic E-state index is -0.482. The third kappa shape index (κ3) is 4.53. The summed E-state index contributed by atoms with van der Waals surface area (Å²) < 4.78 is 5.58. The zero-order valence-electron chi connectivity index (χ0n) is 11.8. The molecule has 0 aliphatic heterocycles. The Bertz CT molecular complexity index is 573. The van der Waals surface area contributed by atoms with E-state index in [2.05, 4.69) is 16.9 Å². The number of benzene rings is 1. The van der Waals surface area contributed by atoms with Gasteiger partial charge in [0.25, 0.3) is 0 Å². The Hall–Kier alpha value is -1.94. The van der Waals surface area contributed by atoms with Gasteiger partial charge < -0.3 is 4.74 Å². The Morgan fingerprint density at radius 2 is 2.00 bits per heavy atom. The Morgan fingerprint density at radius 1 is 1.24 bits per heavy atom. The molecule has 1 aromatic carbocycles. The Morgan fingerprint density at radius 3 is 2.62 bits per heavy atom. The maximum absolute atomic E-state index is 12.1. The average molecular weight is 305 g/mol. The number of ether oxygens (including phenoxy) is 1. The van der Waals surface area contributed by atoms with Gasteiger partial charge >= 0.3 is 5.97 Å². The zero-order valence-corrected chi connectivity index (χ0v) is 12.6. The molecule has 1 heterocycles. The van der Waals surface area contributed by atoms with Gasteiger partial charge in [0.15, 0.2) is 5.69 Å². The molecule has 0 aliphatic carbocycles. The van der Waals surface area contributed by atoms with Crippen molar-refractivity contribution in [2.24, 2.45) is 0 Å². The molecule has 2 rings (SSSR count). The van der Waals surface area contributed by atoms with E-state index in [-0.39, 0.29) is 17.0 Å². The number of carbonyl (C=O) groups is 1. The largest absolute Gasteiger partial charge is 0.453 e. The van der Waals surface area contributed by atoms with E-state index < -0.39 is 5.97 Å². The summed E-state index contributed by atoms with van der Waals surface area (Å²) in [6, 6.07) is 9.73. The SMILES string of the molecule is CCCCC(OC(=O)c1cnc(Cl)cn1)c1ccccc1. The molecule has 0 saturated carbocycles. The molecule has 0 spiro atoms. The predicted octanol–water partition coefficient (Wildman–Crippen LogP) is 4.22. The van der Waals surface area contributed by atoms with Crippen LogP contribution in [0.4, 0.5) is 0 Å². The van der Waals surface area contributed by atoms with Gasteiger partial charge in [-0.15, -0.1) is 0 Å². The third-order valence-electron chi connectivity index (χ3n) is 3.07. The molecule has 5 heteroatoms. The standard InChI is InChI=1S/C16H17ClN2O2/c1-2-3-9-14(12-7-5-4-6-8-12)21-16(20)13-10-19-15(17)11-18-13/h4-8,10-11,14H,2-3,9H2,1H3. The summed E-state index contributed by atoms with van der Waals surface area (Å²) in [6.07, 6.45) is 5.21. The van der Waals surface area contributed by atoms with Gasteiger partial charge in [0.1, 0.15) is 11.3 Å². The topological polar surface area (TPSA) is 52.1 Å². The molecular formula is C16H17ClN2O2. The molecule has 1 aromatic heterocycles. The number of carbonyl (C=O) groups excluding carboxylic acids is 1. The van der Waals surface area contributed by atoms with Crippen molar-refractivity contribution in [1.82, 2.24) is 9.97 Å². The number of rotatable bonds is 6. The number of aromatic nitrogens is 2. The van der Waals surface area contributed by atoms with Crippen LogP contribution in [0.3, 0.4) is 0 Å². The summed E-state index contributed by atoms with van der Waals surface area (Å²) in [6.45, 7) is 2.11. The molecule has 1 unspecified atom stereocenters. The predicted molar refractivity (Wildman–Crippen MR) is 81.2 cm³/mol. The van der Waals surface area contributed by atoms with E-state index in [0.717, 1.165) is 24.8 Å². The van der Waals surface area contributed by atoms with Crippen molar-refractivity contribution >= 4 is 17.6 Å². The summed E-state index contributed by atoms with van der Waals surface area (Å²) in [4.78, 5) is 19.9. The highest BCUT2D eigenvalue weighted by Gasteiger charge is 2.18. The van der Waals surface area contributed by atoms with Crippen LogP contribution in [-0.4, -0.2) is 15.9 Å². The molecule has 0 fully saturated rings. The van der Waals surface area contributed by atoms with Crippen molar-refractivity contribution in [1.29, 1.82) is 0 Å². The second kappa shape index (κ2) is 7.74. The van der Waals surface area contributed by atoms with Crippen LogP contribution in [0.1, 0.15) is 48.3 Å². The molecule has 110 valence electrons. The molecule has 0 bridgehead atoms. The molecule has 4 nitrogen and oxygen atoms in total. The minimum Gasteiger partial charge on any atom is -0.453 e. The molecule has 2 aromatic rings. The van der Waals surface area contributed by atoms with Crippen LogP contribution in [0.25, 0.3) is 0 Å². The van der Waals surface area contributed by atoms with Gasteiger partial charge in [-0.1, -0.05) is 55.3 Å². The first-order chi connectivity index (χ1) is 10.2. The summed E-state index contributed by atoms with van der Waals surface area (Å²) in [5.74, 6) is -0.482. The molecule has 0 N–H and O–H groups in total. The lowest BCUT2D eigenvalue weighted by molar-refractivity contribution is 0.0264. The van der Waals surface area contributed by atoms with Crippen molar-refractivity contribution in [2.45, 2.75) is 32.3 Å². The molecule has 0 radical (unpaired) electrons. The van der Waals surface area contributed by atoms with E-state index in [1.807, 2.05) is 30.3 Å². The number of nitrogens with zero attached hydrogens (tertiary/aromatic N) is 2. The molecule has 0 amide bonds. The maximum Gasteiger partial charge on any atom is 0.359 e. The van der Waals surface area contributed by atoms with Crippen LogP contribution in [-0.2, 0) is 4.74 Å². The van der Waals surface area contributed by atoms with E-state index in [4.69, 9.17) is 16.3 Å². The van der Waals surface area contributed by atoms with Crippen LogP contribution in [0.2, 0.25) is 5.15 Å². The van der Waals surface area contributed by atoms with E-state index in [1.165, 1.54) is 12.4 Å². The molecule has 0 aliphatic rings. The monoisotopic (exact) mass is 304 g/mol. The van der Waals surface area contributed by atoms with E-state index >= 15 is 0 Å². The van der Waals surface area contributed by atoms with Gasteiger partial charge in [-0.3, -0.25) is 0 Å². The number of hydrogen-bond acceptors (Lipinski definition) is 4. The van der Waals surface area contributed by atoms with E-state index in [0.29, 0.717) is 0 Å². The summed E-state index contributed by atoms with van der Waals surface area (Å²) in [5.41, 5.74) is 1.15. The number of halogens is 1. The second-order valence-electron chi connectivity index (χ2n) is 4.67. The number of unbranched alkanes of at least 4 members (excludes halogenated alkanes) is 1. The van der Waals surface area contributed by atoms with Gasteiger partial charge in [-0.25, -0.2) is 14.8 Å². The quantitative estimate of drug-likeness (QED) is 0.750. The summed E-state index contributed by atoms with van der Waals surface area (Å²) >= 11 is 5.66. The first kappa shape index (κ1) is 15.4. The van der Waals surface area contributed by atoms with Crippen molar-refractivity contribution in [3.63, 3.8) is 0 Å². The highest BCUT2D eigenvalue weighted by molar-refractivity contribution is 6.29. The van der Waals surface area contributed by atoms with Crippen molar-refractivity contribution in [3.05, 3.63) is 59.1 Å². The normalized spacial score (nSPS) is 11.9. The molecular weight excluding hydrogens is 288 g/mol. The average Bonchev–Trinajstić information content (AvgIpc) is 2.52. The first-order valence-corrected chi connectivity index (χ1v) is 7.32. The number of hydrogen-bond donors (Lipinski definition) is 0. The molecule has 1 atom stereocenters. The van der Waals surface area contributed by atoms with Crippen LogP contribution >= 0.6 is 11.6 Å². The Balaban J connectivity index is 2.11. The fraction of sp³-hybridized carbons (Fsp3) is 0.312. The minimum absolute atomic E-state index is 0.164. The maximum atomic E-state index is 12.1. The molecule has 0 saturated heterocycles. The van der Waals surface area contributed by atoms with Gasteiger partial charge in [0.2, 0.25) is 0 Å². The van der Waals surface area contributed by atoms with Crippen LogP contribution < -0.4 is 0 Å². The van der Waals surface area contributed by atoms with E-state index in [1.54, 1.807) is 0 Å². The van der Waals surface area contributed by atoms with Crippen LogP contribution in [0.15, 0.2) is 42.7 Å². The lowest BCUT2D eigenvalue weighted by Crippen LogP contribution is -2.13. The van der Waals surface area contributed by atoms with Gasteiger partial charge in [-0.2, -0.15) is 0 Å². The van der Waals surface area contributed by atoms with Crippen LogP contribution in [0, 0.1) is 0 Å². The highest BCUT2D eigenvalue weighted by Crippen LogP contribution is 2.24. The third-order valence-corrected chi connectivity index (χ3v) is 3.27. The van der Waals surface area contributed by atoms with Crippen LogP contribution in [0.5, 0.6) is 0 Å². The fourth-order valence-electron chi connectivity index (χ4n) is 1.96.